The number of hydrogen-bond acceptors (Lipinski definition) is 6. The topological polar surface area (TPSA) is 88.6 Å². The molecule has 1 N–H and O–H groups in total. The molecule has 0 saturated carbocycles. The first kappa shape index (κ1) is 21.8. The molecule has 2 saturated heterocycles. The fourth-order valence-corrected chi connectivity index (χ4v) is 6.12. The molecule has 1 atom stereocenters. The van der Waals surface area contributed by atoms with Crippen LogP contribution in [0.4, 0.5) is 18.0 Å². The van der Waals surface area contributed by atoms with Crippen molar-refractivity contribution in [3.63, 3.8) is 0 Å². The molecular weight excluding hydrogens is 411 g/mol. The maximum absolute atomic E-state index is 13.4. The van der Waals surface area contributed by atoms with Crippen LogP contribution >= 0.6 is 0 Å². The van der Waals surface area contributed by atoms with Crippen LogP contribution in [0.15, 0.2) is 17.2 Å². The Labute approximate surface area is 167 Å². The molecule has 0 bridgehead atoms. The van der Waals surface area contributed by atoms with Crippen molar-refractivity contribution < 1.29 is 31.1 Å². The van der Waals surface area contributed by atoms with Crippen LogP contribution in [-0.2, 0) is 27.2 Å². The number of hydrogen-bond donors (Lipinski definition) is 1. The number of carbonyl (C=O) groups is 1. The van der Waals surface area contributed by atoms with E-state index in [-0.39, 0.29) is 23.4 Å². The number of likely N-dealkylation sites (tertiary alicyclic amines) is 1. The maximum Gasteiger partial charge on any atom is 0.433 e. The predicted octanol–water partition coefficient (Wildman–Crippen LogP) is 2.60. The van der Waals surface area contributed by atoms with Crippen LogP contribution in [0.1, 0.15) is 39.0 Å². The Balaban J connectivity index is 2.01. The highest BCUT2D eigenvalue weighted by Crippen LogP contribution is 2.47. The molecule has 29 heavy (non-hydrogen) atoms. The fraction of sp³-hybridized carbons (Fsp3) is 0.667. The first-order valence-corrected chi connectivity index (χ1v) is 10.8. The third-order valence-electron chi connectivity index (χ3n) is 5.09. The Morgan fingerprint density at radius 1 is 1.34 bits per heavy atom. The average Bonchev–Trinajstić information content (AvgIpc) is 2.48. The Kier molecular flexibility index (Phi) is 5.14. The van der Waals surface area contributed by atoms with Crippen LogP contribution in [0.2, 0.25) is 0 Å². The molecule has 3 heterocycles. The zero-order valence-electron chi connectivity index (χ0n) is 16.6. The quantitative estimate of drug-likeness (QED) is 0.785. The number of sulfone groups is 1. The molecule has 1 amide bonds. The lowest BCUT2D eigenvalue weighted by Crippen LogP contribution is -2.79. The van der Waals surface area contributed by atoms with E-state index in [9.17, 15) is 26.4 Å². The summed E-state index contributed by atoms with van der Waals surface area (Å²) in [5, 5.41) is 1.80. The van der Waals surface area contributed by atoms with Crippen molar-refractivity contribution in [2.45, 2.75) is 56.2 Å². The second kappa shape index (κ2) is 6.83. The van der Waals surface area contributed by atoms with Gasteiger partial charge in [-0.3, -0.25) is 9.88 Å². The molecule has 0 aliphatic carbocycles. The number of rotatable bonds is 3. The van der Waals surface area contributed by atoms with E-state index in [4.69, 9.17) is 4.74 Å². The van der Waals surface area contributed by atoms with Gasteiger partial charge in [0.15, 0.2) is 5.37 Å². The van der Waals surface area contributed by atoms with Gasteiger partial charge in [0, 0.05) is 31.2 Å². The average molecular weight is 435 g/mol. The van der Waals surface area contributed by atoms with E-state index >= 15 is 0 Å². The summed E-state index contributed by atoms with van der Waals surface area (Å²) in [6, 6.07) is 0.759. The monoisotopic (exact) mass is 435 g/mol. The number of carbonyl (C=O) groups excluding carboxylic acids is 1. The Hall–Kier alpha value is -1.88. The van der Waals surface area contributed by atoms with Gasteiger partial charge in [0.1, 0.15) is 11.3 Å². The standard InChI is InChI=1S/C18H24F3N3O4S/c1-5-11-6-13(18(19,20)21)23-7-12(11)29(26,27)14-17(8-22-9-17)10-24(14)15(25)28-16(2,3)4/h6-7,14,22H,5,8-10H2,1-4H3. The van der Waals surface area contributed by atoms with Gasteiger partial charge >= 0.3 is 12.3 Å². The zero-order chi connectivity index (χ0) is 21.8. The molecule has 1 aromatic rings. The van der Waals surface area contributed by atoms with E-state index in [1.165, 1.54) is 0 Å². The minimum Gasteiger partial charge on any atom is -0.444 e. The summed E-state index contributed by atoms with van der Waals surface area (Å²) < 4.78 is 71.2. The van der Waals surface area contributed by atoms with Gasteiger partial charge in [0.25, 0.3) is 0 Å². The highest BCUT2D eigenvalue weighted by atomic mass is 32.2. The van der Waals surface area contributed by atoms with Gasteiger partial charge in [-0.15, -0.1) is 0 Å². The molecule has 1 aromatic heterocycles. The van der Waals surface area contributed by atoms with Gasteiger partial charge in [-0.1, -0.05) is 6.92 Å². The smallest absolute Gasteiger partial charge is 0.433 e. The normalized spacial score (nSPS) is 21.5. The minimum absolute atomic E-state index is 0.0193. The number of amides is 1. The van der Waals surface area contributed by atoms with Crippen LogP contribution in [0, 0.1) is 5.41 Å². The first-order valence-electron chi connectivity index (χ1n) is 9.22. The van der Waals surface area contributed by atoms with Crippen molar-refractivity contribution >= 4 is 15.9 Å². The van der Waals surface area contributed by atoms with Gasteiger partial charge in [-0.25, -0.2) is 13.2 Å². The highest BCUT2D eigenvalue weighted by molar-refractivity contribution is 7.92. The summed E-state index contributed by atoms with van der Waals surface area (Å²) in [7, 11) is -4.17. The van der Waals surface area contributed by atoms with Crippen molar-refractivity contribution in [2.75, 3.05) is 19.6 Å². The minimum atomic E-state index is -4.68. The first-order chi connectivity index (χ1) is 13.2. The number of alkyl halides is 3. The fourth-order valence-electron chi connectivity index (χ4n) is 3.72. The molecule has 11 heteroatoms. The number of nitrogens with zero attached hydrogens (tertiary/aromatic N) is 2. The molecule has 0 radical (unpaired) electrons. The second-order valence-corrected chi connectivity index (χ2v) is 10.5. The van der Waals surface area contributed by atoms with E-state index in [0.29, 0.717) is 13.1 Å². The number of halogens is 3. The van der Waals surface area contributed by atoms with Gasteiger partial charge in [0.05, 0.1) is 4.90 Å². The SMILES string of the molecule is CCc1cc(C(F)(F)F)ncc1S(=O)(=O)C1N(C(=O)OC(C)(C)C)CC12CNC2. The molecule has 2 aliphatic rings. The molecule has 162 valence electrons. The van der Waals surface area contributed by atoms with Crippen LogP contribution in [-0.4, -0.2) is 55.0 Å². The molecular formula is C18H24F3N3O4S. The lowest BCUT2D eigenvalue weighted by atomic mass is 9.74. The lowest BCUT2D eigenvalue weighted by molar-refractivity contribution is -0.141. The van der Waals surface area contributed by atoms with E-state index in [1.807, 2.05) is 0 Å². The van der Waals surface area contributed by atoms with Gasteiger partial charge in [-0.05, 0) is 38.8 Å². The third-order valence-corrected chi connectivity index (χ3v) is 7.42. The summed E-state index contributed by atoms with van der Waals surface area (Å²) >= 11 is 0. The number of ether oxygens (including phenoxy) is 1. The summed E-state index contributed by atoms with van der Waals surface area (Å²) in [4.78, 5) is 16.7. The lowest BCUT2D eigenvalue weighted by Gasteiger charge is -2.60. The largest absolute Gasteiger partial charge is 0.444 e. The van der Waals surface area contributed by atoms with Gasteiger partial charge in [-0.2, -0.15) is 13.2 Å². The van der Waals surface area contributed by atoms with E-state index in [0.717, 1.165) is 17.2 Å². The summed E-state index contributed by atoms with van der Waals surface area (Å²) in [6.07, 6.45) is -4.61. The van der Waals surface area contributed by atoms with Crippen molar-refractivity contribution in [3.05, 3.63) is 23.5 Å². The third kappa shape index (κ3) is 3.81. The molecule has 1 spiro atoms. The van der Waals surface area contributed by atoms with E-state index < -0.39 is 44.2 Å². The molecule has 7 nitrogen and oxygen atoms in total. The number of aromatic nitrogens is 1. The van der Waals surface area contributed by atoms with Gasteiger partial charge in [0.2, 0.25) is 9.84 Å². The second-order valence-electron chi connectivity index (χ2n) is 8.50. The number of aryl methyl sites for hydroxylation is 1. The Morgan fingerprint density at radius 3 is 2.41 bits per heavy atom. The zero-order valence-corrected chi connectivity index (χ0v) is 17.4. The molecule has 1 unspecified atom stereocenters. The van der Waals surface area contributed by atoms with Crippen LogP contribution in [0.5, 0.6) is 0 Å². The van der Waals surface area contributed by atoms with Gasteiger partial charge < -0.3 is 10.1 Å². The summed E-state index contributed by atoms with van der Waals surface area (Å²) in [5.74, 6) is 0. The van der Waals surface area contributed by atoms with Crippen LogP contribution < -0.4 is 5.32 Å². The van der Waals surface area contributed by atoms with Crippen molar-refractivity contribution in [3.8, 4) is 0 Å². The highest BCUT2D eigenvalue weighted by Gasteiger charge is 2.64. The molecule has 0 aromatic carbocycles. The van der Waals surface area contributed by atoms with Crippen molar-refractivity contribution in [1.82, 2.24) is 15.2 Å². The molecule has 2 aliphatic heterocycles. The van der Waals surface area contributed by atoms with Crippen molar-refractivity contribution in [2.24, 2.45) is 5.41 Å². The van der Waals surface area contributed by atoms with E-state index in [1.54, 1.807) is 27.7 Å². The maximum atomic E-state index is 13.4. The molecule has 3 rings (SSSR count). The Bertz CT molecular complexity index is 921. The van der Waals surface area contributed by atoms with E-state index in [2.05, 4.69) is 10.3 Å². The number of nitrogens with one attached hydrogen (secondary N) is 1. The number of pyridine rings is 1. The van der Waals surface area contributed by atoms with Crippen LogP contribution in [0.25, 0.3) is 0 Å². The Morgan fingerprint density at radius 2 is 1.97 bits per heavy atom. The molecule has 2 fully saturated rings. The summed E-state index contributed by atoms with van der Waals surface area (Å²) in [5.41, 5.74) is -2.61. The van der Waals surface area contributed by atoms with Crippen LogP contribution in [0.3, 0.4) is 0 Å². The summed E-state index contributed by atoms with van der Waals surface area (Å²) in [6.45, 7) is 7.57. The van der Waals surface area contributed by atoms with Crippen molar-refractivity contribution in [1.29, 1.82) is 0 Å². The predicted molar refractivity (Wildman–Crippen MR) is 97.8 cm³/mol.